The maximum Gasteiger partial charge on any atom is 0.339 e. The van der Waals surface area contributed by atoms with Crippen molar-refractivity contribution in [3.63, 3.8) is 0 Å². The number of benzene rings is 1. The zero-order chi connectivity index (χ0) is 14.5. The number of carbonyl (C=O) groups excluding carboxylic acids is 1. The van der Waals surface area contributed by atoms with Gasteiger partial charge < -0.3 is 9.15 Å². The number of methoxy groups -OCH3 is 1. The number of aromatic nitrogens is 2. The Morgan fingerprint density at radius 1 is 1.40 bits per heavy atom. The molecule has 2 aromatic rings. The largest absolute Gasteiger partial charge is 0.465 e. The van der Waals surface area contributed by atoms with Crippen LogP contribution in [0.3, 0.4) is 0 Å². The van der Waals surface area contributed by atoms with E-state index in [1.807, 2.05) is 13.0 Å². The molecule has 0 unspecified atom stereocenters. The fourth-order valence-corrected chi connectivity index (χ4v) is 2.46. The van der Waals surface area contributed by atoms with Crippen LogP contribution in [0.15, 0.2) is 27.5 Å². The number of nitrogens with zero attached hydrogens (tertiary/aromatic N) is 2. The van der Waals surface area contributed by atoms with Gasteiger partial charge in [-0.2, -0.15) is 0 Å². The molecule has 0 N–H and O–H groups in total. The second kappa shape index (κ2) is 6.76. The highest BCUT2D eigenvalue weighted by Gasteiger charge is 2.12. The summed E-state index contributed by atoms with van der Waals surface area (Å²) in [7, 11) is 1.32. The fourth-order valence-electron chi connectivity index (χ4n) is 1.50. The van der Waals surface area contributed by atoms with E-state index in [1.165, 1.54) is 18.9 Å². The van der Waals surface area contributed by atoms with E-state index in [9.17, 15) is 4.79 Å². The van der Waals surface area contributed by atoms with Crippen molar-refractivity contribution in [2.45, 2.75) is 24.0 Å². The molecule has 0 aliphatic carbocycles. The monoisotopic (exact) mass is 312 g/mol. The van der Waals surface area contributed by atoms with Crippen LogP contribution in [0, 0.1) is 0 Å². The Hall–Kier alpha value is -1.53. The number of aryl methyl sites for hydroxylation is 1. The molecule has 0 amide bonds. The van der Waals surface area contributed by atoms with Gasteiger partial charge >= 0.3 is 5.97 Å². The van der Waals surface area contributed by atoms with Crippen molar-refractivity contribution in [1.29, 1.82) is 0 Å². The predicted molar refractivity (Wildman–Crippen MR) is 76.0 cm³/mol. The summed E-state index contributed by atoms with van der Waals surface area (Å²) < 4.78 is 10.1. The van der Waals surface area contributed by atoms with Crippen LogP contribution in [-0.4, -0.2) is 23.3 Å². The minimum Gasteiger partial charge on any atom is -0.465 e. The second-order valence-corrected chi connectivity index (χ2v) is 5.32. The molecule has 20 heavy (non-hydrogen) atoms. The molecule has 0 spiro atoms. The van der Waals surface area contributed by atoms with Gasteiger partial charge in [-0.25, -0.2) is 4.79 Å². The molecule has 106 valence electrons. The summed E-state index contributed by atoms with van der Waals surface area (Å²) in [6, 6.07) is 5.19. The third kappa shape index (κ3) is 3.52. The van der Waals surface area contributed by atoms with E-state index in [0.29, 0.717) is 34.5 Å². The Labute approximate surface area is 125 Å². The van der Waals surface area contributed by atoms with Gasteiger partial charge in [-0.15, -0.1) is 22.0 Å². The highest BCUT2D eigenvalue weighted by Crippen LogP contribution is 2.27. The second-order valence-electron chi connectivity index (χ2n) is 3.87. The number of thioether (sulfide) groups is 1. The van der Waals surface area contributed by atoms with Crippen molar-refractivity contribution in [3.05, 3.63) is 40.6 Å². The standard InChI is InChI=1S/C13H13ClN2O3S/c1-3-11-15-16-12(19-11)7-20-8-4-5-10(14)9(6-8)13(17)18-2/h4-6H,3,7H2,1-2H3. The fraction of sp³-hybridized carbons (Fsp3) is 0.308. The lowest BCUT2D eigenvalue weighted by Gasteiger charge is -2.05. The number of halogens is 1. The van der Waals surface area contributed by atoms with Gasteiger partial charge in [-0.3, -0.25) is 0 Å². The Balaban J connectivity index is 2.08. The maximum absolute atomic E-state index is 11.5. The molecule has 2 rings (SSSR count). The Bertz CT molecular complexity index is 615. The van der Waals surface area contributed by atoms with E-state index in [0.717, 1.165) is 4.90 Å². The molecule has 1 aromatic heterocycles. The van der Waals surface area contributed by atoms with E-state index in [2.05, 4.69) is 14.9 Å². The first-order chi connectivity index (χ1) is 9.63. The topological polar surface area (TPSA) is 65.2 Å². The van der Waals surface area contributed by atoms with Crippen LogP contribution in [0.2, 0.25) is 5.02 Å². The highest BCUT2D eigenvalue weighted by molar-refractivity contribution is 7.98. The van der Waals surface area contributed by atoms with Crippen LogP contribution in [0.5, 0.6) is 0 Å². The minimum atomic E-state index is -0.455. The molecule has 0 aliphatic heterocycles. The lowest BCUT2D eigenvalue weighted by atomic mass is 10.2. The van der Waals surface area contributed by atoms with E-state index >= 15 is 0 Å². The zero-order valence-electron chi connectivity index (χ0n) is 11.1. The van der Waals surface area contributed by atoms with E-state index in [4.69, 9.17) is 16.0 Å². The first-order valence-corrected chi connectivity index (χ1v) is 7.32. The highest BCUT2D eigenvalue weighted by atomic mass is 35.5. The number of esters is 1. The van der Waals surface area contributed by atoms with E-state index < -0.39 is 5.97 Å². The summed E-state index contributed by atoms with van der Waals surface area (Å²) in [5.41, 5.74) is 0.346. The average Bonchev–Trinajstić information content (AvgIpc) is 2.93. The third-order valence-corrected chi connectivity index (χ3v) is 3.82. The van der Waals surface area contributed by atoms with Gasteiger partial charge in [0.25, 0.3) is 0 Å². The summed E-state index contributed by atoms with van der Waals surface area (Å²) in [4.78, 5) is 12.4. The number of hydrogen-bond donors (Lipinski definition) is 0. The Kier molecular flexibility index (Phi) is 5.03. The van der Waals surface area contributed by atoms with Gasteiger partial charge in [-0.1, -0.05) is 18.5 Å². The molecule has 0 fully saturated rings. The Morgan fingerprint density at radius 2 is 2.15 bits per heavy atom. The Morgan fingerprint density at radius 3 is 2.80 bits per heavy atom. The molecule has 0 saturated carbocycles. The molecule has 1 aromatic carbocycles. The first-order valence-electron chi connectivity index (χ1n) is 5.96. The molecule has 0 radical (unpaired) electrons. The van der Waals surface area contributed by atoms with Crippen LogP contribution in [0.4, 0.5) is 0 Å². The molecule has 0 saturated heterocycles. The first kappa shape index (κ1) is 14.9. The summed E-state index contributed by atoms with van der Waals surface area (Å²) in [5, 5.41) is 8.20. The van der Waals surface area contributed by atoms with E-state index in [1.54, 1.807) is 12.1 Å². The number of ether oxygens (including phenoxy) is 1. The zero-order valence-corrected chi connectivity index (χ0v) is 12.6. The van der Waals surface area contributed by atoms with E-state index in [-0.39, 0.29) is 0 Å². The number of hydrogen-bond acceptors (Lipinski definition) is 6. The molecule has 1 heterocycles. The third-order valence-electron chi connectivity index (χ3n) is 2.52. The van der Waals surface area contributed by atoms with Crippen molar-refractivity contribution in [3.8, 4) is 0 Å². The maximum atomic E-state index is 11.5. The smallest absolute Gasteiger partial charge is 0.339 e. The van der Waals surface area contributed by atoms with Crippen LogP contribution < -0.4 is 0 Å². The lowest BCUT2D eigenvalue weighted by molar-refractivity contribution is 0.0600. The van der Waals surface area contributed by atoms with Crippen LogP contribution in [0.1, 0.15) is 29.1 Å². The SMILES string of the molecule is CCc1nnc(CSc2ccc(Cl)c(C(=O)OC)c2)o1. The van der Waals surface area contributed by atoms with Gasteiger partial charge in [0.1, 0.15) is 0 Å². The number of carbonyl (C=O) groups is 1. The summed E-state index contributed by atoms with van der Waals surface area (Å²) in [6.07, 6.45) is 0.713. The van der Waals surface area contributed by atoms with Gasteiger partial charge in [0.05, 0.1) is 23.4 Å². The van der Waals surface area contributed by atoms with Gasteiger partial charge in [0, 0.05) is 11.3 Å². The molecule has 0 bridgehead atoms. The summed E-state index contributed by atoms with van der Waals surface area (Å²) >= 11 is 7.44. The van der Waals surface area contributed by atoms with Crippen molar-refractivity contribution in [2.75, 3.05) is 7.11 Å². The van der Waals surface area contributed by atoms with Gasteiger partial charge in [0.2, 0.25) is 11.8 Å². The van der Waals surface area contributed by atoms with Crippen molar-refractivity contribution >= 4 is 29.3 Å². The number of rotatable bonds is 5. The lowest BCUT2D eigenvalue weighted by Crippen LogP contribution is -2.02. The molecule has 0 atom stereocenters. The quantitative estimate of drug-likeness (QED) is 0.623. The summed E-state index contributed by atoms with van der Waals surface area (Å²) in [6.45, 7) is 1.95. The summed E-state index contributed by atoms with van der Waals surface area (Å²) in [5.74, 6) is 1.26. The van der Waals surface area contributed by atoms with Crippen LogP contribution >= 0.6 is 23.4 Å². The molecular weight excluding hydrogens is 300 g/mol. The minimum absolute atomic E-state index is 0.346. The average molecular weight is 313 g/mol. The predicted octanol–water partition coefficient (Wildman–Crippen LogP) is 3.36. The van der Waals surface area contributed by atoms with Crippen LogP contribution in [0.25, 0.3) is 0 Å². The van der Waals surface area contributed by atoms with Gasteiger partial charge in [-0.05, 0) is 18.2 Å². The van der Waals surface area contributed by atoms with Gasteiger partial charge in [0.15, 0.2) is 0 Å². The van der Waals surface area contributed by atoms with Crippen molar-refractivity contribution in [2.24, 2.45) is 0 Å². The molecule has 0 aliphatic rings. The van der Waals surface area contributed by atoms with Crippen molar-refractivity contribution in [1.82, 2.24) is 10.2 Å². The molecule has 7 heteroatoms. The van der Waals surface area contributed by atoms with Crippen LogP contribution in [-0.2, 0) is 16.9 Å². The molecular formula is C13H13ClN2O3S. The molecule has 5 nitrogen and oxygen atoms in total. The van der Waals surface area contributed by atoms with Crippen molar-refractivity contribution < 1.29 is 13.9 Å². The normalized spacial score (nSPS) is 10.6.